The van der Waals surface area contributed by atoms with Crippen LogP contribution in [0, 0.1) is 0 Å². The number of ketones is 1. The lowest BCUT2D eigenvalue weighted by atomic mass is 9.95. The molecule has 0 bridgehead atoms. The number of hydrogen-bond donors (Lipinski definition) is 2. The summed E-state index contributed by atoms with van der Waals surface area (Å²) < 4.78 is 10.8. The van der Waals surface area contributed by atoms with Gasteiger partial charge in [0.1, 0.15) is 5.75 Å². The van der Waals surface area contributed by atoms with Crippen molar-refractivity contribution in [1.82, 2.24) is 4.90 Å². The van der Waals surface area contributed by atoms with Crippen molar-refractivity contribution in [3.8, 4) is 5.75 Å². The van der Waals surface area contributed by atoms with Crippen molar-refractivity contribution in [2.75, 3.05) is 33.8 Å². The Kier molecular flexibility index (Phi) is 6.39. The molecule has 0 aliphatic carbocycles. The molecule has 1 aromatic carbocycles. The van der Waals surface area contributed by atoms with Crippen molar-refractivity contribution in [2.24, 2.45) is 0 Å². The highest BCUT2D eigenvalue weighted by atomic mass is 16.5. The second-order valence-corrected chi connectivity index (χ2v) is 7.29. The molecular formula is C22H27N2O5+. The standard InChI is InChI=1S/C22H26N2O5/c1-4-28-16-9-5-8-15(14-16)19-18(20(25)17-10-6-13-29-17)21(26)22(27)24(19)12-7-11-23(2)3/h5-6,8-10,13-14,19,26H,4,7,11-12H2,1-3H3/p+1/t19-/m0/s1. The van der Waals surface area contributed by atoms with Gasteiger partial charge in [-0.3, -0.25) is 9.59 Å². The number of ether oxygens (including phenoxy) is 1. The summed E-state index contributed by atoms with van der Waals surface area (Å²) in [6.07, 6.45) is 2.13. The SMILES string of the molecule is CCOc1cccc([C@H]2C(C(=O)c3ccco3)=C(O)C(=O)N2CCC[NH+](C)C)c1. The largest absolute Gasteiger partial charge is 0.503 e. The summed E-state index contributed by atoms with van der Waals surface area (Å²) in [4.78, 5) is 28.7. The van der Waals surface area contributed by atoms with Crippen LogP contribution in [-0.2, 0) is 4.79 Å². The number of carbonyl (C=O) groups excluding carboxylic acids is 2. The average molecular weight is 399 g/mol. The van der Waals surface area contributed by atoms with Crippen molar-refractivity contribution < 1.29 is 28.7 Å². The number of quaternary nitrogens is 1. The van der Waals surface area contributed by atoms with Gasteiger partial charge in [0, 0.05) is 13.0 Å². The molecule has 2 aromatic rings. The third kappa shape index (κ3) is 4.35. The average Bonchev–Trinajstić information content (AvgIpc) is 3.31. The smallest absolute Gasteiger partial charge is 0.290 e. The first-order valence-electron chi connectivity index (χ1n) is 9.78. The number of Topliss-reactive ketones (excluding diaryl/α,β-unsaturated/α-hetero) is 1. The summed E-state index contributed by atoms with van der Waals surface area (Å²) in [5.74, 6) is -0.819. The van der Waals surface area contributed by atoms with Crippen LogP contribution in [0.1, 0.15) is 35.5 Å². The van der Waals surface area contributed by atoms with Gasteiger partial charge >= 0.3 is 0 Å². The Morgan fingerprint density at radius 3 is 2.72 bits per heavy atom. The van der Waals surface area contributed by atoms with Gasteiger partial charge in [-0.15, -0.1) is 0 Å². The maximum absolute atomic E-state index is 13.1. The first-order valence-corrected chi connectivity index (χ1v) is 9.78. The number of aliphatic hydroxyl groups excluding tert-OH is 1. The molecule has 1 aliphatic heterocycles. The van der Waals surface area contributed by atoms with Gasteiger partial charge in [0.2, 0.25) is 5.78 Å². The van der Waals surface area contributed by atoms with E-state index in [9.17, 15) is 14.7 Å². The van der Waals surface area contributed by atoms with Crippen LogP contribution in [0.2, 0.25) is 0 Å². The second kappa shape index (κ2) is 8.96. The van der Waals surface area contributed by atoms with Crippen LogP contribution in [0.3, 0.4) is 0 Å². The molecule has 7 nitrogen and oxygen atoms in total. The van der Waals surface area contributed by atoms with E-state index in [1.54, 1.807) is 17.0 Å². The zero-order valence-corrected chi connectivity index (χ0v) is 17.0. The summed E-state index contributed by atoms with van der Waals surface area (Å²) in [7, 11) is 4.08. The minimum atomic E-state index is -0.697. The van der Waals surface area contributed by atoms with E-state index in [4.69, 9.17) is 9.15 Å². The van der Waals surface area contributed by atoms with Crippen LogP contribution < -0.4 is 9.64 Å². The van der Waals surface area contributed by atoms with E-state index in [2.05, 4.69) is 0 Å². The third-order valence-electron chi connectivity index (χ3n) is 4.85. The topological polar surface area (TPSA) is 84.4 Å². The molecule has 1 atom stereocenters. The highest BCUT2D eigenvalue weighted by Gasteiger charge is 2.44. The van der Waals surface area contributed by atoms with Crippen molar-refractivity contribution in [3.05, 3.63) is 65.3 Å². The van der Waals surface area contributed by atoms with Gasteiger partial charge in [-0.05, 0) is 36.8 Å². The first-order chi connectivity index (χ1) is 13.9. The predicted molar refractivity (Wildman–Crippen MR) is 107 cm³/mol. The fraction of sp³-hybridized carbons (Fsp3) is 0.364. The van der Waals surface area contributed by atoms with E-state index >= 15 is 0 Å². The minimum Gasteiger partial charge on any atom is -0.503 e. The third-order valence-corrected chi connectivity index (χ3v) is 4.85. The summed E-state index contributed by atoms with van der Waals surface area (Å²) >= 11 is 0. The van der Waals surface area contributed by atoms with E-state index in [0.717, 1.165) is 13.0 Å². The number of nitrogens with zero attached hydrogens (tertiary/aromatic N) is 1. The van der Waals surface area contributed by atoms with Gasteiger partial charge in [0.15, 0.2) is 11.5 Å². The lowest BCUT2D eigenvalue weighted by Crippen LogP contribution is -3.05. The summed E-state index contributed by atoms with van der Waals surface area (Å²) in [6, 6.07) is 9.71. The maximum Gasteiger partial charge on any atom is 0.290 e. The first kappa shape index (κ1) is 20.7. The molecule has 0 saturated heterocycles. The fourth-order valence-electron chi connectivity index (χ4n) is 3.55. The second-order valence-electron chi connectivity index (χ2n) is 7.29. The Balaban J connectivity index is 2.01. The quantitative estimate of drug-likeness (QED) is 0.628. The molecule has 0 unspecified atom stereocenters. The Morgan fingerprint density at radius 1 is 1.28 bits per heavy atom. The lowest BCUT2D eigenvalue weighted by molar-refractivity contribution is -0.858. The molecule has 1 aliphatic rings. The van der Waals surface area contributed by atoms with Crippen LogP contribution >= 0.6 is 0 Å². The highest BCUT2D eigenvalue weighted by Crippen LogP contribution is 2.39. The Morgan fingerprint density at radius 2 is 2.07 bits per heavy atom. The van der Waals surface area contributed by atoms with Gasteiger partial charge < -0.3 is 24.1 Å². The normalized spacial score (nSPS) is 16.8. The Labute approximate surface area is 170 Å². The van der Waals surface area contributed by atoms with Crippen LogP contribution in [0.15, 0.2) is 58.4 Å². The molecule has 154 valence electrons. The molecule has 0 spiro atoms. The molecule has 1 aromatic heterocycles. The van der Waals surface area contributed by atoms with Crippen LogP contribution in [0.5, 0.6) is 5.75 Å². The number of amides is 1. The van der Waals surface area contributed by atoms with E-state index in [1.165, 1.54) is 17.2 Å². The number of carbonyl (C=O) groups is 2. The zero-order valence-electron chi connectivity index (χ0n) is 17.0. The molecule has 7 heteroatoms. The molecular weight excluding hydrogens is 372 g/mol. The van der Waals surface area contributed by atoms with Crippen molar-refractivity contribution in [1.29, 1.82) is 0 Å². The summed E-state index contributed by atoms with van der Waals surface area (Å²) in [5, 5.41) is 10.6. The highest BCUT2D eigenvalue weighted by molar-refractivity contribution is 6.15. The number of rotatable bonds is 9. The lowest BCUT2D eigenvalue weighted by Gasteiger charge is -2.27. The fourth-order valence-corrected chi connectivity index (χ4v) is 3.55. The monoisotopic (exact) mass is 399 g/mol. The van der Waals surface area contributed by atoms with Gasteiger partial charge in [0.05, 0.1) is 45.1 Å². The van der Waals surface area contributed by atoms with E-state index in [1.807, 2.05) is 39.2 Å². The van der Waals surface area contributed by atoms with Crippen LogP contribution in [-0.4, -0.2) is 55.5 Å². The number of aliphatic hydroxyl groups is 1. The molecule has 0 fully saturated rings. The summed E-state index contributed by atoms with van der Waals surface area (Å²) in [5.41, 5.74) is 0.747. The van der Waals surface area contributed by atoms with Gasteiger partial charge in [-0.1, -0.05) is 12.1 Å². The Hall–Kier alpha value is -3.06. The van der Waals surface area contributed by atoms with E-state index < -0.39 is 23.5 Å². The molecule has 2 N–H and O–H groups in total. The van der Waals surface area contributed by atoms with Gasteiger partial charge in [-0.25, -0.2) is 0 Å². The van der Waals surface area contributed by atoms with Crippen LogP contribution in [0.4, 0.5) is 0 Å². The maximum atomic E-state index is 13.1. The molecule has 3 rings (SSSR count). The van der Waals surface area contributed by atoms with Crippen molar-refractivity contribution in [2.45, 2.75) is 19.4 Å². The minimum absolute atomic E-state index is 0.0378. The van der Waals surface area contributed by atoms with E-state index in [-0.39, 0.29) is 11.3 Å². The van der Waals surface area contributed by atoms with E-state index in [0.29, 0.717) is 24.5 Å². The number of hydrogen-bond acceptors (Lipinski definition) is 5. The number of benzene rings is 1. The van der Waals surface area contributed by atoms with Crippen LogP contribution in [0.25, 0.3) is 0 Å². The molecule has 0 saturated carbocycles. The predicted octanol–water partition coefficient (Wildman–Crippen LogP) is 1.79. The number of furan rings is 1. The van der Waals surface area contributed by atoms with Gasteiger partial charge in [0.25, 0.3) is 5.91 Å². The van der Waals surface area contributed by atoms with Gasteiger partial charge in [-0.2, -0.15) is 0 Å². The molecule has 2 heterocycles. The number of nitrogens with one attached hydrogen (secondary N) is 1. The van der Waals surface area contributed by atoms with Crippen molar-refractivity contribution >= 4 is 11.7 Å². The molecule has 0 radical (unpaired) electrons. The zero-order chi connectivity index (χ0) is 21.0. The Bertz CT molecular complexity index is 902. The van der Waals surface area contributed by atoms with Crippen molar-refractivity contribution in [3.63, 3.8) is 0 Å². The molecule has 29 heavy (non-hydrogen) atoms. The molecule has 1 amide bonds. The summed E-state index contributed by atoms with van der Waals surface area (Å²) in [6.45, 7) is 3.67.